The van der Waals surface area contributed by atoms with Crippen molar-refractivity contribution in [2.75, 3.05) is 19.6 Å². The highest BCUT2D eigenvalue weighted by Crippen LogP contribution is 2.33. The van der Waals surface area contributed by atoms with Gasteiger partial charge in [-0.15, -0.1) is 0 Å². The molecule has 0 bridgehead atoms. The number of benzene rings is 1. The van der Waals surface area contributed by atoms with E-state index in [1.807, 2.05) is 6.92 Å². The van der Waals surface area contributed by atoms with E-state index in [-0.39, 0.29) is 6.04 Å². The van der Waals surface area contributed by atoms with Gasteiger partial charge in [-0.3, -0.25) is 4.79 Å². The van der Waals surface area contributed by atoms with E-state index in [0.717, 1.165) is 12.1 Å². The number of carbonyl (C=O) groups is 1. The molecule has 6 nitrogen and oxygen atoms in total. The molecule has 2 rings (SSSR count). The molecule has 25 heavy (non-hydrogen) atoms. The predicted octanol–water partition coefficient (Wildman–Crippen LogP) is 1.19. The first kappa shape index (κ1) is 19.7. The van der Waals surface area contributed by atoms with Crippen molar-refractivity contribution >= 4 is 15.9 Å². The second kappa shape index (κ2) is 7.30. The number of hydrogen-bond donors (Lipinski definition) is 2. The molecule has 1 aliphatic heterocycles. The van der Waals surface area contributed by atoms with Gasteiger partial charge in [0.25, 0.3) is 0 Å². The van der Waals surface area contributed by atoms with Crippen molar-refractivity contribution in [1.82, 2.24) is 14.9 Å². The molecule has 140 valence electrons. The zero-order valence-corrected chi connectivity index (χ0v) is 14.6. The van der Waals surface area contributed by atoms with Crippen LogP contribution in [0.5, 0.6) is 0 Å². The summed E-state index contributed by atoms with van der Waals surface area (Å²) in [6.45, 7) is 4.69. The number of rotatable bonds is 4. The number of alkyl halides is 3. The highest BCUT2D eigenvalue weighted by molar-refractivity contribution is 7.89. The summed E-state index contributed by atoms with van der Waals surface area (Å²) in [7, 11) is -4.51. The maximum Gasteiger partial charge on any atom is 0.417 e. The van der Waals surface area contributed by atoms with Crippen LogP contribution in [-0.4, -0.2) is 50.9 Å². The maximum absolute atomic E-state index is 13.0. The standard InChI is InChI=1S/C15H20F3N3O3S/c1-10-9-19-7-8-21(10)14(22)11(2)20-25(23,24)13-6-4-3-5-12(13)15(16,17)18/h3-6,10-11,19-20H,7-9H2,1-2H3/t10-,11?/m1/s1. The van der Waals surface area contributed by atoms with Crippen molar-refractivity contribution in [3.8, 4) is 0 Å². The number of piperazine rings is 1. The van der Waals surface area contributed by atoms with Gasteiger partial charge in [-0.05, 0) is 26.0 Å². The van der Waals surface area contributed by atoms with Crippen molar-refractivity contribution < 1.29 is 26.4 Å². The van der Waals surface area contributed by atoms with Crippen LogP contribution in [0, 0.1) is 0 Å². The Morgan fingerprint density at radius 1 is 1.36 bits per heavy atom. The van der Waals surface area contributed by atoms with Gasteiger partial charge in [-0.2, -0.15) is 17.9 Å². The number of sulfonamides is 1. The Kier molecular flexibility index (Phi) is 5.75. The van der Waals surface area contributed by atoms with Crippen LogP contribution >= 0.6 is 0 Å². The molecular formula is C15H20F3N3O3S. The van der Waals surface area contributed by atoms with E-state index in [4.69, 9.17) is 0 Å². The molecule has 0 aromatic heterocycles. The van der Waals surface area contributed by atoms with Gasteiger partial charge < -0.3 is 10.2 Å². The monoisotopic (exact) mass is 379 g/mol. The fourth-order valence-corrected chi connectivity index (χ4v) is 4.12. The summed E-state index contributed by atoms with van der Waals surface area (Å²) in [5, 5.41) is 3.10. The lowest BCUT2D eigenvalue weighted by Gasteiger charge is -2.35. The average Bonchev–Trinajstić information content (AvgIpc) is 2.53. The smallest absolute Gasteiger partial charge is 0.336 e. The number of nitrogens with one attached hydrogen (secondary N) is 2. The molecule has 0 aliphatic carbocycles. The quantitative estimate of drug-likeness (QED) is 0.824. The van der Waals surface area contributed by atoms with E-state index in [0.29, 0.717) is 25.7 Å². The van der Waals surface area contributed by atoms with Gasteiger partial charge in [-0.1, -0.05) is 12.1 Å². The van der Waals surface area contributed by atoms with Crippen LogP contribution in [0.2, 0.25) is 0 Å². The molecule has 2 atom stereocenters. The Labute approximate surface area is 144 Å². The largest absolute Gasteiger partial charge is 0.417 e. The Morgan fingerprint density at radius 3 is 2.60 bits per heavy atom. The van der Waals surface area contributed by atoms with Crippen LogP contribution in [0.4, 0.5) is 13.2 Å². The molecule has 1 fully saturated rings. The molecule has 1 heterocycles. The lowest BCUT2D eigenvalue weighted by Crippen LogP contribution is -2.57. The molecule has 1 unspecified atom stereocenters. The minimum atomic E-state index is -4.81. The number of carbonyl (C=O) groups excluding carboxylic acids is 1. The Bertz CT molecular complexity index is 737. The normalized spacial score (nSPS) is 20.4. The van der Waals surface area contributed by atoms with Gasteiger partial charge in [-0.25, -0.2) is 8.42 Å². The zero-order chi connectivity index (χ0) is 18.8. The average molecular weight is 379 g/mol. The van der Waals surface area contributed by atoms with Gasteiger partial charge in [0.05, 0.1) is 16.5 Å². The Morgan fingerprint density at radius 2 is 2.00 bits per heavy atom. The van der Waals surface area contributed by atoms with Crippen LogP contribution < -0.4 is 10.0 Å². The van der Waals surface area contributed by atoms with Gasteiger partial charge in [0, 0.05) is 25.7 Å². The predicted molar refractivity (Wildman–Crippen MR) is 85.3 cm³/mol. The zero-order valence-electron chi connectivity index (χ0n) is 13.8. The molecular weight excluding hydrogens is 359 g/mol. The first-order chi connectivity index (χ1) is 11.5. The van der Waals surface area contributed by atoms with Gasteiger partial charge in [0.15, 0.2) is 0 Å². The first-order valence-corrected chi connectivity index (χ1v) is 9.22. The van der Waals surface area contributed by atoms with Crippen LogP contribution in [0.1, 0.15) is 19.4 Å². The molecule has 0 saturated carbocycles. The molecule has 0 radical (unpaired) electrons. The number of nitrogens with zero attached hydrogens (tertiary/aromatic N) is 1. The van der Waals surface area contributed by atoms with E-state index in [2.05, 4.69) is 10.0 Å². The van der Waals surface area contributed by atoms with E-state index in [1.165, 1.54) is 17.9 Å². The molecule has 1 aromatic carbocycles. The van der Waals surface area contributed by atoms with Gasteiger partial charge in [0.1, 0.15) is 0 Å². The van der Waals surface area contributed by atoms with Crippen molar-refractivity contribution in [3.05, 3.63) is 29.8 Å². The fraction of sp³-hybridized carbons (Fsp3) is 0.533. The minimum Gasteiger partial charge on any atom is -0.336 e. The minimum absolute atomic E-state index is 0.129. The molecule has 1 amide bonds. The van der Waals surface area contributed by atoms with E-state index >= 15 is 0 Å². The van der Waals surface area contributed by atoms with E-state index in [9.17, 15) is 26.4 Å². The highest BCUT2D eigenvalue weighted by Gasteiger charge is 2.38. The first-order valence-electron chi connectivity index (χ1n) is 7.74. The van der Waals surface area contributed by atoms with Crippen molar-refractivity contribution in [1.29, 1.82) is 0 Å². The lowest BCUT2D eigenvalue weighted by molar-refractivity contribution is -0.139. The molecule has 1 saturated heterocycles. The summed E-state index contributed by atoms with van der Waals surface area (Å²) in [5.74, 6) is -0.470. The Balaban J connectivity index is 2.23. The summed E-state index contributed by atoms with van der Waals surface area (Å²) in [4.78, 5) is 13.1. The third-order valence-electron chi connectivity index (χ3n) is 3.97. The topological polar surface area (TPSA) is 78.5 Å². The van der Waals surface area contributed by atoms with Crippen molar-refractivity contribution in [3.63, 3.8) is 0 Å². The van der Waals surface area contributed by atoms with E-state index in [1.54, 1.807) is 0 Å². The summed E-state index contributed by atoms with van der Waals surface area (Å²) < 4.78 is 66.0. The van der Waals surface area contributed by atoms with E-state index < -0.39 is 38.6 Å². The second-order valence-corrected chi connectivity index (χ2v) is 7.60. The van der Waals surface area contributed by atoms with Crippen LogP contribution in [0.3, 0.4) is 0 Å². The van der Waals surface area contributed by atoms with Gasteiger partial charge >= 0.3 is 6.18 Å². The number of amides is 1. The Hall–Kier alpha value is -1.65. The highest BCUT2D eigenvalue weighted by atomic mass is 32.2. The molecule has 0 spiro atoms. The van der Waals surface area contributed by atoms with Crippen LogP contribution in [-0.2, 0) is 21.0 Å². The molecule has 1 aliphatic rings. The number of hydrogen-bond acceptors (Lipinski definition) is 4. The second-order valence-electron chi connectivity index (χ2n) is 5.92. The molecule has 10 heteroatoms. The summed E-state index contributed by atoms with van der Waals surface area (Å²) in [6.07, 6.45) is -4.81. The van der Waals surface area contributed by atoms with Crippen molar-refractivity contribution in [2.24, 2.45) is 0 Å². The summed E-state index contributed by atoms with van der Waals surface area (Å²) >= 11 is 0. The SMILES string of the molecule is CC(NS(=O)(=O)c1ccccc1C(F)(F)F)C(=O)N1CCNC[C@H]1C. The third-order valence-corrected chi connectivity index (χ3v) is 5.57. The third kappa shape index (κ3) is 4.50. The molecule has 1 aromatic rings. The lowest BCUT2D eigenvalue weighted by atomic mass is 10.2. The number of halogens is 3. The summed E-state index contributed by atoms with van der Waals surface area (Å²) in [5.41, 5.74) is -1.27. The van der Waals surface area contributed by atoms with Crippen molar-refractivity contribution in [2.45, 2.75) is 37.0 Å². The summed E-state index contributed by atoms with van der Waals surface area (Å²) in [6, 6.07) is 2.57. The van der Waals surface area contributed by atoms with Crippen LogP contribution in [0.25, 0.3) is 0 Å². The maximum atomic E-state index is 13.0. The molecule has 2 N–H and O–H groups in total. The fourth-order valence-electron chi connectivity index (χ4n) is 2.70. The van der Waals surface area contributed by atoms with Crippen LogP contribution in [0.15, 0.2) is 29.2 Å². The van der Waals surface area contributed by atoms with Gasteiger partial charge in [0.2, 0.25) is 15.9 Å².